The highest BCUT2D eigenvalue weighted by molar-refractivity contribution is 9.10. The van der Waals surface area contributed by atoms with Crippen LogP contribution in [-0.2, 0) is 21.0 Å². The van der Waals surface area contributed by atoms with Crippen molar-refractivity contribution in [1.29, 1.82) is 0 Å². The maximum absolute atomic E-state index is 13.8. The molecule has 1 heterocycles. The van der Waals surface area contributed by atoms with E-state index in [1.165, 1.54) is 12.1 Å². The van der Waals surface area contributed by atoms with Gasteiger partial charge in [0, 0.05) is 10.5 Å². The summed E-state index contributed by atoms with van der Waals surface area (Å²) in [5.74, 6) is 4.19. The van der Waals surface area contributed by atoms with E-state index in [1.54, 1.807) is 46.8 Å². The number of aromatic nitrogens is 1. The summed E-state index contributed by atoms with van der Waals surface area (Å²) in [6.07, 6.45) is 0.573. The second-order valence-corrected chi connectivity index (χ2v) is 13.9. The molecule has 36 heavy (non-hydrogen) atoms. The number of benzene rings is 1. The Morgan fingerprint density at radius 3 is 2.33 bits per heavy atom. The number of alkyl carbamates (subject to hydrolysis) is 1. The van der Waals surface area contributed by atoms with Gasteiger partial charge in [0.2, 0.25) is 0 Å². The van der Waals surface area contributed by atoms with Gasteiger partial charge in [-0.3, -0.25) is 0 Å². The number of halogens is 3. The molecule has 2 aromatic rings. The quantitative estimate of drug-likeness (QED) is 0.445. The summed E-state index contributed by atoms with van der Waals surface area (Å²) in [6, 6.07) is 5.57. The molecular weight excluding hydrogens is 554 g/mol. The first-order chi connectivity index (χ1) is 16.6. The van der Waals surface area contributed by atoms with Crippen molar-refractivity contribution in [2.75, 3.05) is 0 Å². The summed E-state index contributed by atoms with van der Waals surface area (Å²) >= 11 is 3.43. The Balaban J connectivity index is 1.97. The highest BCUT2D eigenvalue weighted by Gasteiger charge is 2.45. The van der Waals surface area contributed by atoms with Crippen molar-refractivity contribution in [3.8, 4) is 11.8 Å². The van der Waals surface area contributed by atoms with Gasteiger partial charge in [-0.25, -0.2) is 27.0 Å². The molecule has 1 N–H and O–H groups in total. The minimum absolute atomic E-state index is 0.0119. The van der Waals surface area contributed by atoms with E-state index in [9.17, 15) is 22.0 Å². The maximum atomic E-state index is 13.8. The van der Waals surface area contributed by atoms with E-state index in [0.717, 1.165) is 6.07 Å². The van der Waals surface area contributed by atoms with Crippen molar-refractivity contribution in [2.45, 2.75) is 75.5 Å². The van der Waals surface area contributed by atoms with Gasteiger partial charge in [-0.2, -0.15) is 0 Å². The Morgan fingerprint density at radius 1 is 1.17 bits per heavy atom. The lowest BCUT2D eigenvalue weighted by molar-refractivity contribution is 0.0502. The minimum atomic E-state index is -3.41. The van der Waals surface area contributed by atoms with Gasteiger partial charge in [-0.05, 0) is 106 Å². The number of carbonyl (C=O) groups excluding carboxylic acids is 1. The largest absolute Gasteiger partial charge is 0.444 e. The molecule has 10 heteroatoms. The molecule has 1 amide bonds. The van der Waals surface area contributed by atoms with E-state index in [1.807, 2.05) is 0 Å². The lowest BCUT2D eigenvalue weighted by Crippen LogP contribution is -2.36. The molecule has 1 aliphatic rings. The lowest BCUT2D eigenvalue weighted by atomic mass is 10.0. The Bertz CT molecular complexity index is 1300. The first-order valence-corrected chi connectivity index (χ1v) is 13.8. The number of amides is 1. The Labute approximate surface area is 219 Å². The van der Waals surface area contributed by atoms with Crippen LogP contribution in [0.1, 0.15) is 70.5 Å². The molecular formula is C26H29BrF2N2O4S. The highest BCUT2D eigenvalue weighted by atomic mass is 79.9. The van der Waals surface area contributed by atoms with Crippen molar-refractivity contribution in [3.63, 3.8) is 0 Å². The standard InChI is InChI=1S/C26H29BrF2N2O4S/c1-25(2,3)35-24(32)31-22(14-16-12-17(28)15-18(29)13-16)23-21(27)9-6-19(30-23)10-11-26(4,5)36(33,34)20-7-8-20/h6,9,12-13,15,20,22H,7-8,14H2,1-5H3,(H,31,32)/t22-/m0/s1. The maximum Gasteiger partial charge on any atom is 0.408 e. The van der Waals surface area contributed by atoms with Crippen LogP contribution in [0.15, 0.2) is 34.8 Å². The van der Waals surface area contributed by atoms with E-state index in [4.69, 9.17) is 4.74 Å². The van der Waals surface area contributed by atoms with Crippen LogP contribution in [0.5, 0.6) is 0 Å². The third-order valence-corrected chi connectivity index (χ3v) is 8.97. The van der Waals surface area contributed by atoms with Crippen LogP contribution in [0.2, 0.25) is 0 Å². The number of hydrogen-bond donors (Lipinski definition) is 1. The number of nitrogens with one attached hydrogen (secondary N) is 1. The molecule has 0 radical (unpaired) electrons. The van der Waals surface area contributed by atoms with Crippen LogP contribution < -0.4 is 5.32 Å². The normalized spacial score (nSPS) is 15.0. The number of carbonyl (C=O) groups is 1. The first-order valence-electron chi connectivity index (χ1n) is 11.4. The molecule has 0 spiro atoms. The van der Waals surface area contributed by atoms with Crippen LogP contribution in [0, 0.1) is 23.5 Å². The molecule has 1 fully saturated rings. The van der Waals surface area contributed by atoms with E-state index in [-0.39, 0.29) is 17.4 Å². The summed E-state index contributed by atoms with van der Waals surface area (Å²) in [6.45, 7) is 8.28. The van der Waals surface area contributed by atoms with Crippen molar-refractivity contribution in [2.24, 2.45) is 0 Å². The fourth-order valence-corrected chi connectivity index (χ4v) is 5.76. The zero-order valence-electron chi connectivity index (χ0n) is 20.8. The van der Waals surface area contributed by atoms with E-state index in [0.29, 0.717) is 28.6 Å². The minimum Gasteiger partial charge on any atom is -0.444 e. The van der Waals surface area contributed by atoms with E-state index >= 15 is 0 Å². The number of sulfone groups is 1. The van der Waals surface area contributed by atoms with Crippen molar-refractivity contribution >= 4 is 31.9 Å². The van der Waals surface area contributed by atoms with Gasteiger partial charge in [0.05, 0.1) is 17.0 Å². The predicted molar refractivity (Wildman–Crippen MR) is 137 cm³/mol. The number of pyridine rings is 1. The summed E-state index contributed by atoms with van der Waals surface area (Å²) in [5, 5.41) is 2.37. The summed E-state index contributed by atoms with van der Waals surface area (Å²) < 4.78 is 57.7. The average Bonchev–Trinajstić information content (AvgIpc) is 3.56. The zero-order valence-corrected chi connectivity index (χ0v) is 23.2. The number of rotatable bonds is 6. The molecule has 1 aliphatic carbocycles. The molecule has 6 nitrogen and oxygen atoms in total. The molecule has 0 aliphatic heterocycles. The van der Waals surface area contributed by atoms with Crippen molar-refractivity contribution < 1.29 is 26.7 Å². The van der Waals surface area contributed by atoms with Crippen molar-refractivity contribution in [1.82, 2.24) is 10.3 Å². The third kappa shape index (κ3) is 7.26. The van der Waals surface area contributed by atoms with Crippen LogP contribution in [0.25, 0.3) is 0 Å². The molecule has 1 atom stereocenters. The number of ether oxygens (including phenoxy) is 1. The smallest absolute Gasteiger partial charge is 0.408 e. The number of hydrogen-bond acceptors (Lipinski definition) is 5. The van der Waals surface area contributed by atoms with E-state index < -0.39 is 44.0 Å². The Morgan fingerprint density at radius 2 is 1.78 bits per heavy atom. The monoisotopic (exact) mass is 582 g/mol. The van der Waals surface area contributed by atoms with Crippen LogP contribution in [0.3, 0.4) is 0 Å². The third-order valence-electron chi connectivity index (χ3n) is 5.42. The first kappa shape index (κ1) is 28.1. The summed E-state index contributed by atoms with van der Waals surface area (Å²) in [4.78, 5) is 17.1. The fourth-order valence-electron chi connectivity index (χ4n) is 3.48. The van der Waals surface area contributed by atoms with Gasteiger partial charge in [0.25, 0.3) is 0 Å². The Hall–Kier alpha value is -2.51. The van der Waals surface area contributed by atoms with Crippen LogP contribution in [-0.4, -0.2) is 35.1 Å². The zero-order chi connectivity index (χ0) is 26.9. The molecule has 0 unspecified atom stereocenters. The second-order valence-electron chi connectivity index (χ2n) is 10.2. The summed E-state index contributed by atoms with van der Waals surface area (Å²) in [5.41, 5.74) is 0.167. The predicted octanol–water partition coefficient (Wildman–Crippen LogP) is 5.64. The molecule has 0 bridgehead atoms. The highest BCUT2D eigenvalue weighted by Crippen LogP contribution is 2.35. The fraction of sp³-hybridized carbons (Fsp3) is 0.462. The van der Waals surface area contributed by atoms with Crippen LogP contribution in [0.4, 0.5) is 13.6 Å². The van der Waals surface area contributed by atoms with Gasteiger partial charge in [0.15, 0.2) is 9.84 Å². The molecule has 1 saturated carbocycles. The van der Waals surface area contributed by atoms with Gasteiger partial charge in [-0.1, -0.05) is 5.92 Å². The van der Waals surface area contributed by atoms with E-state index in [2.05, 4.69) is 38.1 Å². The van der Waals surface area contributed by atoms with Gasteiger partial charge >= 0.3 is 6.09 Å². The number of nitrogens with zero attached hydrogens (tertiary/aromatic N) is 1. The topological polar surface area (TPSA) is 85.4 Å². The molecule has 1 aromatic heterocycles. The van der Waals surface area contributed by atoms with Crippen molar-refractivity contribution in [3.05, 3.63) is 63.4 Å². The summed E-state index contributed by atoms with van der Waals surface area (Å²) in [7, 11) is -3.41. The molecule has 0 saturated heterocycles. The molecule has 1 aromatic carbocycles. The van der Waals surface area contributed by atoms with Crippen LogP contribution >= 0.6 is 15.9 Å². The Kier molecular flexibility index (Phi) is 8.16. The second kappa shape index (κ2) is 10.5. The van der Waals surface area contributed by atoms with Gasteiger partial charge < -0.3 is 10.1 Å². The van der Waals surface area contributed by atoms with Gasteiger partial charge in [0.1, 0.15) is 27.7 Å². The SMILES string of the molecule is CC(C)(C)OC(=O)N[C@@H](Cc1cc(F)cc(F)c1)c1nc(C#CC(C)(C)S(=O)(=O)C2CC2)ccc1Br. The molecule has 3 rings (SSSR count). The van der Waals surface area contributed by atoms with Gasteiger partial charge in [-0.15, -0.1) is 0 Å². The molecule has 194 valence electrons. The average molecular weight is 583 g/mol. The lowest BCUT2D eigenvalue weighted by Gasteiger charge is -2.24.